The molecule has 1 aliphatic rings. The summed E-state index contributed by atoms with van der Waals surface area (Å²) in [4.78, 5) is 17.1. The number of carbonyl (C=O) groups excluding carboxylic acids is 1. The normalized spacial score (nSPS) is 14.0. The molecule has 0 bridgehead atoms. The molecule has 0 N–H and O–H groups in total. The van der Waals surface area contributed by atoms with Crippen LogP contribution in [0.1, 0.15) is 39.7 Å². The SMILES string of the molecule is O=C(O[C@@H](Cc1c(Cl)cncc1Cl)c1ccc(OC(F)F)c(OCC2CC2)c1)c1sccc1S(=O)(=O)c1ccc(Cl)cc1. The van der Waals surface area contributed by atoms with Crippen LogP contribution in [0.15, 0.2) is 76.1 Å². The number of thiophene rings is 1. The summed E-state index contributed by atoms with van der Waals surface area (Å²) in [7, 11) is -4.10. The average Bonchev–Trinajstić information content (AvgIpc) is 3.65. The summed E-state index contributed by atoms with van der Waals surface area (Å²) in [6.07, 6.45) is 3.54. The molecule has 0 saturated heterocycles. The number of hydrogen-bond donors (Lipinski definition) is 0. The standard InChI is InChI=1S/C29H22Cl3F2NO6S2/c30-18-4-6-19(7-5-18)43(37,38)26-9-10-42-27(26)28(36)40-24(12-20-21(31)13-35-14-22(20)32)17-3-8-23(41-29(33)34)25(11-17)39-15-16-1-2-16/h3-11,13-14,16,24,29H,1-2,12,15H2/t24-/m0/s1. The van der Waals surface area contributed by atoms with E-state index in [0.29, 0.717) is 28.7 Å². The van der Waals surface area contributed by atoms with E-state index in [1.807, 2.05) is 0 Å². The fraction of sp³-hybridized carbons (Fsp3) is 0.241. The third-order valence-electron chi connectivity index (χ3n) is 6.55. The Balaban J connectivity index is 1.50. The van der Waals surface area contributed by atoms with Gasteiger partial charge >= 0.3 is 12.6 Å². The molecule has 0 aliphatic heterocycles. The molecule has 0 radical (unpaired) electrons. The van der Waals surface area contributed by atoms with Crippen LogP contribution in [0.2, 0.25) is 15.1 Å². The number of pyridine rings is 1. The predicted octanol–water partition coefficient (Wildman–Crippen LogP) is 8.47. The first-order chi connectivity index (χ1) is 20.5. The van der Waals surface area contributed by atoms with Crippen molar-refractivity contribution in [1.29, 1.82) is 0 Å². The lowest BCUT2D eigenvalue weighted by atomic mass is 10.0. The minimum atomic E-state index is -4.10. The number of rotatable bonds is 12. The van der Waals surface area contributed by atoms with Crippen LogP contribution in [0.5, 0.6) is 11.5 Å². The number of halogens is 5. The van der Waals surface area contributed by atoms with Gasteiger partial charge in [-0.3, -0.25) is 4.98 Å². The molecule has 2 heterocycles. The van der Waals surface area contributed by atoms with Crippen LogP contribution in [0.25, 0.3) is 0 Å². The molecule has 5 rings (SSSR count). The highest BCUT2D eigenvalue weighted by molar-refractivity contribution is 7.91. The van der Waals surface area contributed by atoms with Crippen LogP contribution in [0, 0.1) is 5.92 Å². The second kappa shape index (κ2) is 13.4. The fourth-order valence-corrected chi connectivity index (χ4v) is 7.35. The zero-order valence-corrected chi connectivity index (χ0v) is 25.9. The lowest BCUT2D eigenvalue weighted by molar-refractivity contribution is -0.0515. The number of esters is 1. The number of benzene rings is 2. The van der Waals surface area contributed by atoms with E-state index in [4.69, 9.17) is 44.3 Å². The highest BCUT2D eigenvalue weighted by Crippen LogP contribution is 2.39. The molecule has 43 heavy (non-hydrogen) atoms. The first-order valence-corrected chi connectivity index (χ1v) is 16.3. The van der Waals surface area contributed by atoms with Crippen molar-refractivity contribution >= 4 is 61.9 Å². The number of sulfone groups is 1. The molecule has 226 valence electrons. The zero-order chi connectivity index (χ0) is 30.7. The Labute approximate surface area is 265 Å². The van der Waals surface area contributed by atoms with Gasteiger partial charge < -0.3 is 14.2 Å². The zero-order valence-electron chi connectivity index (χ0n) is 22.0. The minimum absolute atomic E-state index is 0.0415. The van der Waals surface area contributed by atoms with Gasteiger partial charge in [-0.15, -0.1) is 11.3 Å². The van der Waals surface area contributed by atoms with Crippen LogP contribution >= 0.6 is 46.1 Å². The number of hydrogen-bond acceptors (Lipinski definition) is 8. The molecule has 0 spiro atoms. The molecule has 1 fully saturated rings. The van der Waals surface area contributed by atoms with E-state index in [2.05, 4.69) is 9.72 Å². The maximum absolute atomic E-state index is 13.6. The number of nitrogens with zero attached hydrogens (tertiary/aromatic N) is 1. The largest absolute Gasteiger partial charge is 0.489 e. The summed E-state index contributed by atoms with van der Waals surface area (Å²) in [5.74, 6) is -0.757. The maximum Gasteiger partial charge on any atom is 0.387 e. The lowest BCUT2D eigenvalue weighted by Crippen LogP contribution is -2.16. The number of alkyl halides is 2. The fourth-order valence-electron chi connectivity index (χ4n) is 4.15. The molecular weight excluding hydrogens is 667 g/mol. The third kappa shape index (κ3) is 7.58. The summed E-state index contributed by atoms with van der Waals surface area (Å²) >= 11 is 19.5. The van der Waals surface area contributed by atoms with Gasteiger partial charge in [0.05, 0.1) is 26.4 Å². The Morgan fingerprint density at radius 3 is 2.35 bits per heavy atom. The first kappa shape index (κ1) is 31.5. The van der Waals surface area contributed by atoms with Gasteiger partial charge in [0, 0.05) is 23.8 Å². The summed E-state index contributed by atoms with van der Waals surface area (Å²) in [5, 5.41) is 2.23. The smallest absolute Gasteiger partial charge is 0.387 e. The Hall–Kier alpha value is -2.96. The molecule has 4 aromatic rings. The molecule has 7 nitrogen and oxygen atoms in total. The second-order valence-corrected chi connectivity index (χ2v) is 13.7. The van der Waals surface area contributed by atoms with Gasteiger partial charge in [-0.05, 0) is 77.7 Å². The number of carbonyl (C=O) groups is 1. The second-order valence-electron chi connectivity index (χ2n) is 9.59. The minimum Gasteiger partial charge on any atom is -0.489 e. The number of aromatic nitrogens is 1. The van der Waals surface area contributed by atoms with Crippen molar-refractivity contribution in [3.63, 3.8) is 0 Å². The maximum atomic E-state index is 13.6. The monoisotopic (exact) mass is 687 g/mol. The summed E-state index contributed by atoms with van der Waals surface area (Å²) < 4.78 is 69.4. The first-order valence-electron chi connectivity index (χ1n) is 12.8. The Morgan fingerprint density at radius 2 is 1.70 bits per heavy atom. The summed E-state index contributed by atoms with van der Waals surface area (Å²) in [6.45, 7) is -2.78. The molecule has 14 heteroatoms. The van der Waals surface area contributed by atoms with Gasteiger partial charge in [0.2, 0.25) is 9.84 Å². The van der Waals surface area contributed by atoms with Crippen LogP contribution in [0.3, 0.4) is 0 Å². The Bertz CT molecular complexity index is 1710. The molecule has 0 amide bonds. The summed E-state index contributed by atoms with van der Waals surface area (Å²) in [6, 6.07) is 11.0. The van der Waals surface area contributed by atoms with E-state index in [1.54, 1.807) is 0 Å². The molecule has 0 unspecified atom stereocenters. The Kier molecular flexibility index (Phi) is 9.77. The molecule has 2 aromatic carbocycles. The van der Waals surface area contributed by atoms with Crippen molar-refractivity contribution < 1.29 is 36.2 Å². The average molecular weight is 689 g/mol. The van der Waals surface area contributed by atoms with Crippen molar-refractivity contribution in [2.45, 2.75) is 41.8 Å². The van der Waals surface area contributed by atoms with Crippen molar-refractivity contribution in [1.82, 2.24) is 4.98 Å². The quantitative estimate of drug-likeness (QED) is 0.138. The van der Waals surface area contributed by atoms with Gasteiger partial charge in [0.1, 0.15) is 11.0 Å². The molecular formula is C29H22Cl3F2NO6S2. The van der Waals surface area contributed by atoms with Crippen LogP contribution in [0.4, 0.5) is 8.78 Å². The van der Waals surface area contributed by atoms with Crippen molar-refractivity contribution in [2.75, 3.05) is 6.61 Å². The van der Waals surface area contributed by atoms with Crippen molar-refractivity contribution in [3.8, 4) is 11.5 Å². The molecule has 2 aromatic heterocycles. The topological polar surface area (TPSA) is 91.8 Å². The molecule has 1 atom stereocenters. The highest BCUT2D eigenvalue weighted by Gasteiger charge is 2.30. The molecule has 1 saturated carbocycles. The van der Waals surface area contributed by atoms with Gasteiger partial charge in [-0.1, -0.05) is 40.9 Å². The van der Waals surface area contributed by atoms with E-state index in [1.165, 1.54) is 66.3 Å². The van der Waals surface area contributed by atoms with Crippen molar-refractivity contribution in [3.05, 3.63) is 97.4 Å². The van der Waals surface area contributed by atoms with E-state index < -0.39 is 28.5 Å². The van der Waals surface area contributed by atoms with Gasteiger partial charge in [-0.25, -0.2) is 13.2 Å². The number of ether oxygens (including phenoxy) is 3. The highest BCUT2D eigenvalue weighted by atomic mass is 35.5. The van der Waals surface area contributed by atoms with Crippen LogP contribution in [-0.2, 0) is 21.0 Å². The van der Waals surface area contributed by atoms with Gasteiger partial charge in [0.15, 0.2) is 11.5 Å². The lowest BCUT2D eigenvalue weighted by Gasteiger charge is -2.21. The predicted molar refractivity (Wildman–Crippen MR) is 159 cm³/mol. The van der Waals surface area contributed by atoms with E-state index in [9.17, 15) is 22.0 Å². The van der Waals surface area contributed by atoms with Crippen LogP contribution in [-0.4, -0.2) is 32.6 Å². The van der Waals surface area contributed by atoms with E-state index in [-0.39, 0.29) is 42.6 Å². The molecule has 1 aliphatic carbocycles. The Morgan fingerprint density at radius 1 is 1.00 bits per heavy atom. The summed E-state index contributed by atoms with van der Waals surface area (Å²) in [5.41, 5.74) is 0.757. The van der Waals surface area contributed by atoms with E-state index in [0.717, 1.165) is 24.2 Å². The van der Waals surface area contributed by atoms with Crippen molar-refractivity contribution in [2.24, 2.45) is 5.92 Å². The third-order valence-corrected chi connectivity index (χ3v) is 10.3. The van der Waals surface area contributed by atoms with Crippen LogP contribution < -0.4 is 9.47 Å². The van der Waals surface area contributed by atoms with Gasteiger partial charge in [-0.2, -0.15) is 8.78 Å². The van der Waals surface area contributed by atoms with Gasteiger partial charge in [0.25, 0.3) is 0 Å². The van der Waals surface area contributed by atoms with E-state index >= 15 is 0 Å².